The third kappa shape index (κ3) is 4.34. The van der Waals surface area contributed by atoms with Crippen molar-refractivity contribution < 1.29 is 0 Å². The fourth-order valence-electron chi connectivity index (χ4n) is 5.44. The summed E-state index contributed by atoms with van der Waals surface area (Å²) in [6.45, 7) is 10.4. The maximum absolute atomic E-state index is 4.79. The molecule has 0 amide bonds. The summed E-state index contributed by atoms with van der Waals surface area (Å²) in [6.07, 6.45) is 8.39. The highest BCUT2D eigenvalue weighted by Gasteiger charge is 2.31. The predicted molar refractivity (Wildman–Crippen MR) is 128 cm³/mol. The molecule has 1 saturated heterocycles. The summed E-state index contributed by atoms with van der Waals surface area (Å²) >= 11 is 0. The van der Waals surface area contributed by atoms with Gasteiger partial charge in [0.1, 0.15) is 12.0 Å². The number of aryl methyl sites for hydroxylation is 1. The Hall–Kier alpha value is -2.57. The Morgan fingerprint density at radius 1 is 0.969 bits per heavy atom. The first-order valence-corrected chi connectivity index (χ1v) is 12.1. The Bertz CT molecular complexity index is 997. The normalized spacial score (nSPS) is 22.8. The maximum atomic E-state index is 4.79. The first kappa shape index (κ1) is 21.3. The molecule has 0 radical (unpaired) electrons. The summed E-state index contributed by atoms with van der Waals surface area (Å²) in [5, 5.41) is 8.23. The second kappa shape index (κ2) is 9.51. The molecule has 1 N–H and O–H groups in total. The summed E-state index contributed by atoms with van der Waals surface area (Å²) < 4.78 is 0. The zero-order valence-corrected chi connectivity index (χ0v) is 19.3. The molecule has 5 rings (SSSR count). The molecule has 0 bridgehead atoms. The number of aromatic nitrogens is 4. The van der Waals surface area contributed by atoms with Gasteiger partial charge in [-0.3, -0.25) is 10.00 Å². The molecule has 0 spiro atoms. The van der Waals surface area contributed by atoms with E-state index in [4.69, 9.17) is 5.10 Å². The lowest BCUT2D eigenvalue weighted by Crippen LogP contribution is -2.50. The lowest BCUT2D eigenvalue weighted by atomic mass is 9.81. The Morgan fingerprint density at radius 2 is 1.72 bits per heavy atom. The summed E-state index contributed by atoms with van der Waals surface area (Å²) in [4.78, 5) is 14.0. The predicted octanol–water partition coefficient (Wildman–Crippen LogP) is 4.51. The molecule has 2 aromatic heterocycles. The third-order valence-electron chi connectivity index (χ3n) is 7.43. The molecular formula is C26H34N6. The molecule has 32 heavy (non-hydrogen) atoms. The number of hydrogen-bond acceptors (Lipinski definition) is 5. The summed E-state index contributed by atoms with van der Waals surface area (Å²) in [5.74, 6) is 0.500. The van der Waals surface area contributed by atoms with Crippen LogP contribution in [0.3, 0.4) is 0 Å². The number of nitrogens with zero attached hydrogens (tertiary/aromatic N) is 5. The van der Waals surface area contributed by atoms with Crippen molar-refractivity contribution in [2.24, 2.45) is 0 Å². The number of likely N-dealkylation sites (N-methyl/N-ethyl adjacent to an activating group) is 1. The van der Waals surface area contributed by atoms with Gasteiger partial charge in [0.05, 0.1) is 5.69 Å². The van der Waals surface area contributed by atoms with Crippen molar-refractivity contribution in [2.75, 3.05) is 32.7 Å². The minimum absolute atomic E-state index is 0.500. The molecule has 1 aliphatic carbocycles. The number of benzene rings is 1. The van der Waals surface area contributed by atoms with Crippen molar-refractivity contribution in [2.45, 2.75) is 51.5 Å². The lowest BCUT2D eigenvalue weighted by molar-refractivity contribution is 0.0785. The van der Waals surface area contributed by atoms with Crippen molar-refractivity contribution in [3.05, 3.63) is 54.1 Å². The van der Waals surface area contributed by atoms with E-state index in [0.717, 1.165) is 28.6 Å². The third-order valence-corrected chi connectivity index (χ3v) is 7.43. The van der Waals surface area contributed by atoms with Gasteiger partial charge in [-0.2, -0.15) is 5.10 Å². The van der Waals surface area contributed by atoms with Gasteiger partial charge in [-0.1, -0.05) is 36.8 Å². The Balaban J connectivity index is 1.37. The monoisotopic (exact) mass is 430 g/mol. The molecule has 3 aromatic rings. The van der Waals surface area contributed by atoms with Crippen LogP contribution in [0.2, 0.25) is 0 Å². The standard InChI is InChI=1S/C26H34N6/c1-3-31-14-16-32(17-15-31)22-10-8-21(9-11-22)26-24(23-12-13-27-18-28-23)25(29-30-26)20-6-4-19(2)5-7-20/h4-7,12-13,18,21-22H,3,8-11,14-17H2,1-2H3,(H,29,30). The van der Waals surface area contributed by atoms with Gasteiger partial charge >= 0.3 is 0 Å². The molecule has 2 aliphatic rings. The van der Waals surface area contributed by atoms with Crippen molar-refractivity contribution >= 4 is 0 Å². The molecular weight excluding hydrogens is 396 g/mol. The van der Waals surface area contributed by atoms with Crippen LogP contribution < -0.4 is 0 Å². The number of hydrogen-bond donors (Lipinski definition) is 1. The topological polar surface area (TPSA) is 60.9 Å². The van der Waals surface area contributed by atoms with Crippen LogP contribution >= 0.6 is 0 Å². The van der Waals surface area contributed by atoms with Crippen LogP contribution in [0.15, 0.2) is 42.9 Å². The molecule has 6 nitrogen and oxygen atoms in total. The zero-order valence-electron chi connectivity index (χ0n) is 19.3. The number of piperazine rings is 1. The van der Waals surface area contributed by atoms with Crippen LogP contribution in [0.5, 0.6) is 0 Å². The van der Waals surface area contributed by atoms with Crippen LogP contribution in [0, 0.1) is 6.92 Å². The Morgan fingerprint density at radius 3 is 2.38 bits per heavy atom. The van der Waals surface area contributed by atoms with Crippen LogP contribution in [0.25, 0.3) is 22.5 Å². The van der Waals surface area contributed by atoms with Crippen molar-refractivity contribution in [3.63, 3.8) is 0 Å². The maximum Gasteiger partial charge on any atom is 0.116 e. The molecule has 1 saturated carbocycles. The molecule has 2 fully saturated rings. The van der Waals surface area contributed by atoms with E-state index in [9.17, 15) is 0 Å². The van der Waals surface area contributed by atoms with E-state index in [1.54, 1.807) is 6.33 Å². The van der Waals surface area contributed by atoms with Crippen molar-refractivity contribution in [3.8, 4) is 22.5 Å². The summed E-state index contributed by atoms with van der Waals surface area (Å²) in [5.41, 5.74) is 6.74. The van der Waals surface area contributed by atoms with Crippen LogP contribution in [-0.2, 0) is 0 Å². The van der Waals surface area contributed by atoms with Gasteiger partial charge in [-0.25, -0.2) is 9.97 Å². The van der Waals surface area contributed by atoms with E-state index < -0.39 is 0 Å². The van der Waals surface area contributed by atoms with Crippen LogP contribution in [0.4, 0.5) is 0 Å². The SMILES string of the molecule is CCN1CCN(C2CCC(c3[nH]nc(-c4ccc(C)cc4)c3-c3ccncn3)CC2)CC1. The highest BCUT2D eigenvalue weighted by atomic mass is 15.3. The van der Waals surface area contributed by atoms with Gasteiger partial charge in [0, 0.05) is 61.2 Å². The molecule has 0 unspecified atom stereocenters. The number of rotatable bonds is 5. The molecule has 1 aromatic carbocycles. The fourth-order valence-corrected chi connectivity index (χ4v) is 5.44. The Kier molecular flexibility index (Phi) is 6.32. The van der Waals surface area contributed by atoms with E-state index in [0.29, 0.717) is 5.92 Å². The zero-order chi connectivity index (χ0) is 21.9. The average Bonchev–Trinajstić information content (AvgIpc) is 3.30. The van der Waals surface area contributed by atoms with E-state index in [1.165, 1.54) is 69.7 Å². The van der Waals surface area contributed by atoms with Gasteiger partial charge in [0.25, 0.3) is 0 Å². The number of H-pyrrole nitrogens is 1. The van der Waals surface area contributed by atoms with Crippen molar-refractivity contribution in [1.29, 1.82) is 0 Å². The highest BCUT2D eigenvalue weighted by Crippen LogP contribution is 2.41. The van der Waals surface area contributed by atoms with Gasteiger partial charge in [0.2, 0.25) is 0 Å². The van der Waals surface area contributed by atoms with Gasteiger partial charge in [-0.05, 0) is 45.2 Å². The number of aromatic amines is 1. The second-order valence-corrected chi connectivity index (χ2v) is 9.30. The second-order valence-electron chi connectivity index (χ2n) is 9.30. The average molecular weight is 431 g/mol. The van der Waals surface area contributed by atoms with Crippen LogP contribution in [0.1, 0.15) is 49.8 Å². The fraction of sp³-hybridized carbons (Fsp3) is 0.500. The Labute approximate surface area is 191 Å². The minimum atomic E-state index is 0.500. The minimum Gasteiger partial charge on any atom is -0.301 e. The van der Waals surface area contributed by atoms with Gasteiger partial charge in [0.15, 0.2) is 0 Å². The quantitative estimate of drug-likeness (QED) is 0.645. The smallest absolute Gasteiger partial charge is 0.116 e. The van der Waals surface area contributed by atoms with Gasteiger partial charge in [-0.15, -0.1) is 0 Å². The largest absolute Gasteiger partial charge is 0.301 e. The summed E-state index contributed by atoms with van der Waals surface area (Å²) in [6, 6.07) is 11.4. The first-order chi connectivity index (χ1) is 15.7. The molecule has 6 heteroatoms. The van der Waals surface area contributed by atoms with E-state index in [-0.39, 0.29) is 0 Å². The number of nitrogens with one attached hydrogen (secondary N) is 1. The molecule has 168 valence electrons. The lowest BCUT2D eigenvalue weighted by Gasteiger charge is -2.41. The first-order valence-electron chi connectivity index (χ1n) is 12.1. The molecule has 3 heterocycles. The highest BCUT2D eigenvalue weighted by molar-refractivity contribution is 5.81. The van der Waals surface area contributed by atoms with E-state index in [2.05, 4.69) is 63.0 Å². The van der Waals surface area contributed by atoms with Crippen LogP contribution in [-0.4, -0.2) is 68.7 Å². The van der Waals surface area contributed by atoms with Gasteiger partial charge < -0.3 is 4.90 Å². The summed E-state index contributed by atoms with van der Waals surface area (Å²) in [7, 11) is 0. The van der Waals surface area contributed by atoms with E-state index in [1.807, 2.05) is 12.3 Å². The van der Waals surface area contributed by atoms with Crippen molar-refractivity contribution in [1.82, 2.24) is 30.0 Å². The molecule has 1 aliphatic heterocycles. The molecule has 0 atom stereocenters. The van der Waals surface area contributed by atoms with E-state index >= 15 is 0 Å².